The average Bonchev–Trinajstić information content (AvgIpc) is 3.00. The van der Waals surface area contributed by atoms with E-state index in [0.29, 0.717) is 18.7 Å². The highest BCUT2D eigenvalue weighted by Crippen LogP contribution is 2.53. The first-order chi connectivity index (χ1) is 9.97. The van der Waals surface area contributed by atoms with Crippen LogP contribution in [0.3, 0.4) is 0 Å². The number of rotatable bonds is 1. The summed E-state index contributed by atoms with van der Waals surface area (Å²) in [5.41, 5.74) is 5.66. The van der Waals surface area contributed by atoms with E-state index in [1.807, 2.05) is 4.57 Å². The van der Waals surface area contributed by atoms with Gasteiger partial charge in [0.15, 0.2) is 5.96 Å². The van der Waals surface area contributed by atoms with Crippen LogP contribution in [-0.2, 0) is 10.5 Å². The minimum absolute atomic E-state index is 0.0669. The zero-order chi connectivity index (χ0) is 15.0. The number of nitrogens with two attached hydrogens (primary N) is 1. The Labute approximate surface area is 137 Å². The quantitative estimate of drug-likeness (QED) is 0.715. The largest absolute Gasteiger partial charge is 0.370 e. The van der Waals surface area contributed by atoms with Crippen LogP contribution in [0, 0.1) is 0 Å². The lowest BCUT2D eigenvalue weighted by Gasteiger charge is -2.49. The molecule has 1 spiro atoms. The van der Waals surface area contributed by atoms with Crippen molar-refractivity contribution in [3.05, 3.63) is 20.8 Å². The number of piperidine rings is 1. The minimum atomic E-state index is -1.01. The maximum atomic E-state index is 12.8. The lowest BCUT2D eigenvalue weighted by Crippen LogP contribution is -2.68. The second-order valence-electron chi connectivity index (χ2n) is 5.35. The van der Waals surface area contributed by atoms with Gasteiger partial charge in [-0.25, -0.2) is 0 Å². The molecule has 4 rings (SSSR count). The van der Waals surface area contributed by atoms with Gasteiger partial charge in [0.25, 0.3) is 11.7 Å². The number of aromatic nitrogens is 1. The molecule has 7 nitrogen and oxygen atoms in total. The van der Waals surface area contributed by atoms with E-state index < -0.39 is 11.5 Å². The number of halogens is 2. The smallest absolute Gasteiger partial charge is 0.274 e. The van der Waals surface area contributed by atoms with Gasteiger partial charge in [-0.2, -0.15) is 4.99 Å². The molecule has 4 heterocycles. The third-order valence-electron chi connectivity index (χ3n) is 4.46. The molecule has 1 aromatic rings. The normalized spacial score (nSPS) is 33.4. The molecule has 0 aliphatic carbocycles. The minimum Gasteiger partial charge on any atom is -0.370 e. The maximum Gasteiger partial charge on any atom is 0.274 e. The monoisotopic (exact) mass is 417 g/mol. The van der Waals surface area contributed by atoms with E-state index in [1.54, 1.807) is 18.1 Å². The molecule has 1 aromatic heterocycles. The Morgan fingerprint density at radius 3 is 3.00 bits per heavy atom. The van der Waals surface area contributed by atoms with Gasteiger partial charge in [-0.1, -0.05) is 0 Å². The van der Waals surface area contributed by atoms with Gasteiger partial charge in [0, 0.05) is 20.1 Å². The van der Waals surface area contributed by atoms with Crippen LogP contribution < -0.4 is 11.1 Å². The van der Waals surface area contributed by atoms with Crippen molar-refractivity contribution in [3.63, 3.8) is 0 Å². The summed E-state index contributed by atoms with van der Waals surface area (Å²) >= 11 is 6.99. The third-order valence-corrected chi connectivity index (χ3v) is 6.38. The van der Waals surface area contributed by atoms with Crippen molar-refractivity contribution in [3.8, 4) is 0 Å². The number of ether oxygens (including phenoxy) is 1. The van der Waals surface area contributed by atoms with Crippen molar-refractivity contribution in [1.29, 1.82) is 0 Å². The number of aliphatic imine (C=N–C) groups is 1. The van der Waals surface area contributed by atoms with Gasteiger partial charge in [0.1, 0.15) is 10.3 Å². The molecule has 0 radical (unpaired) electrons. The number of guanidine groups is 1. The summed E-state index contributed by atoms with van der Waals surface area (Å²) in [6.07, 6.45) is 1.53. The molecule has 1 fully saturated rings. The highest BCUT2D eigenvalue weighted by Gasteiger charge is 2.69. The molecule has 112 valence electrons. The first-order valence-corrected chi connectivity index (χ1v) is 8.13. The first-order valence-electron chi connectivity index (χ1n) is 6.55. The number of fused-ring (bicyclic) bond motifs is 1. The summed E-state index contributed by atoms with van der Waals surface area (Å²) in [6, 6.07) is 1.80. The number of methoxy groups -OCH3 is 1. The van der Waals surface area contributed by atoms with E-state index in [-0.39, 0.29) is 11.9 Å². The second-order valence-corrected chi connectivity index (χ2v) is 6.96. The van der Waals surface area contributed by atoms with Crippen LogP contribution in [-0.4, -0.2) is 40.7 Å². The predicted molar refractivity (Wildman–Crippen MR) is 82.6 cm³/mol. The number of hydrogen-bond acceptors (Lipinski definition) is 5. The van der Waals surface area contributed by atoms with Crippen LogP contribution in [0.4, 0.5) is 0 Å². The third kappa shape index (κ3) is 1.33. The highest BCUT2D eigenvalue weighted by atomic mass is 79.9. The molecule has 0 aromatic carbocycles. The van der Waals surface area contributed by atoms with Crippen LogP contribution in [0.5, 0.6) is 0 Å². The van der Waals surface area contributed by atoms with Crippen molar-refractivity contribution in [1.82, 2.24) is 14.8 Å². The molecule has 0 saturated carbocycles. The van der Waals surface area contributed by atoms with Crippen molar-refractivity contribution in [2.75, 3.05) is 13.7 Å². The van der Waals surface area contributed by atoms with Crippen LogP contribution in [0.2, 0.25) is 0 Å². The fourth-order valence-corrected chi connectivity index (χ4v) is 4.62. The van der Waals surface area contributed by atoms with Crippen molar-refractivity contribution in [2.45, 2.75) is 24.4 Å². The highest BCUT2D eigenvalue weighted by molar-refractivity contribution is 9.13. The summed E-state index contributed by atoms with van der Waals surface area (Å²) in [5.74, 6) is -0.801. The molecule has 0 bridgehead atoms. The zero-order valence-electron chi connectivity index (χ0n) is 11.2. The molecule has 2 unspecified atom stereocenters. The number of carbonyl (C=O) groups is 1. The standard InChI is InChI=1S/C12H13Br2N5O2/c1-21-11-3-2-4-18-9(20)7-5-6(13)8(14)19(7)12(11,18)17-10(15)16-11/h5H,2-4H2,1H3,(H3,15,16,17). The first kappa shape index (κ1) is 13.6. The molecule has 2 atom stereocenters. The lowest BCUT2D eigenvalue weighted by molar-refractivity contribution is -0.177. The van der Waals surface area contributed by atoms with Gasteiger partial charge < -0.3 is 15.8 Å². The maximum absolute atomic E-state index is 12.8. The van der Waals surface area contributed by atoms with E-state index in [2.05, 4.69) is 42.2 Å². The summed E-state index contributed by atoms with van der Waals surface area (Å²) in [6.45, 7) is 0.619. The van der Waals surface area contributed by atoms with Crippen LogP contribution >= 0.6 is 31.9 Å². The van der Waals surface area contributed by atoms with Crippen molar-refractivity contribution >= 4 is 43.7 Å². The number of hydrogen-bond donors (Lipinski definition) is 2. The Kier molecular flexibility index (Phi) is 2.60. The number of nitrogens with one attached hydrogen (secondary N) is 1. The molecule has 3 aliphatic rings. The molecule has 9 heteroatoms. The van der Waals surface area contributed by atoms with Gasteiger partial charge in [0.2, 0.25) is 5.72 Å². The van der Waals surface area contributed by atoms with Crippen molar-refractivity contribution in [2.24, 2.45) is 10.7 Å². The fourth-order valence-electron chi connectivity index (χ4n) is 3.67. The van der Waals surface area contributed by atoms with E-state index in [1.165, 1.54) is 0 Å². The summed E-state index contributed by atoms with van der Waals surface area (Å²) < 4.78 is 9.20. The Bertz CT molecular complexity index is 702. The topological polar surface area (TPSA) is 84.9 Å². The van der Waals surface area contributed by atoms with Gasteiger partial charge >= 0.3 is 0 Å². The molecule has 1 saturated heterocycles. The molecular weight excluding hydrogens is 406 g/mol. The van der Waals surface area contributed by atoms with E-state index in [4.69, 9.17) is 10.5 Å². The molecular formula is C12H13Br2N5O2. The molecule has 1 amide bonds. The van der Waals surface area contributed by atoms with E-state index in [0.717, 1.165) is 15.5 Å². The summed E-state index contributed by atoms with van der Waals surface area (Å²) in [4.78, 5) is 19.1. The number of carbonyl (C=O) groups excluding carboxylic acids is 1. The van der Waals surface area contributed by atoms with Crippen molar-refractivity contribution < 1.29 is 9.53 Å². The average molecular weight is 419 g/mol. The number of nitrogens with zero attached hydrogens (tertiary/aromatic N) is 3. The Morgan fingerprint density at radius 2 is 2.29 bits per heavy atom. The van der Waals surface area contributed by atoms with Gasteiger partial charge in [-0.05, 0) is 44.3 Å². The van der Waals surface area contributed by atoms with Gasteiger partial charge in [0.05, 0.1) is 4.47 Å². The Morgan fingerprint density at radius 1 is 1.52 bits per heavy atom. The molecule has 3 aliphatic heterocycles. The van der Waals surface area contributed by atoms with Gasteiger partial charge in [-0.15, -0.1) is 0 Å². The summed E-state index contributed by atoms with van der Waals surface area (Å²) in [7, 11) is 1.61. The lowest BCUT2D eigenvalue weighted by atomic mass is 9.93. The van der Waals surface area contributed by atoms with E-state index in [9.17, 15) is 4.79 Å². The van der Waals surface area contributed by atoms with Crippen LogP contribution in [0.1, 0.15) is 23.3 Å². The number of amides is 1. The predicted octanol–water partition coefficient (Wildman–Crippen LogP) is 1.13. The SMILES string of the molecule is COC12CCCN3C(=O)c4cc(Br)c(Br)n4C31N=C(N)N2. The molecule has 21 heavy (non-hydrogen) atoms. The van der Waals surface area contributed by atoms with E-state index >= 15 is 0 Å². The van der Waals surface area contributed by atoms with Crippen LogP contribution in [0.15, 0.2) is 20.1 Å². The molecule has 3 N–H and O–H groups in total. The Hall–Kier alpha value is -1.06. The second kappa shape index (κ2) is 4.02. The van der Waals surface area contributed by atoms with Crippen LogP contribution in [0.25, 0.3) is 0 Å². The zero-order valence-corrected chi connectivity index (χ0v) is 14.4. The Balaban J connectivity index is 2.08. The van der Waals surface area contributed by atoms with Gasteiger partial charge in [-0.3, -0.25) is 14.3 Å². The summed E-state index contributed by atoms with van der Waals surface area (Å²) in [5, 5.41) is 3.13. The fraction of sp³-hybridized carbons (Fsp3) is 0.500.